The minimum Gasteiger partial charge on any atom is -0.338 e. The number of hydrogen-bond donors (Lipinski definition) is 0. The fraction of sp³-hybridized carbons (Fsp3) is 0.650. The summed E-state index contributed by atoms with van der Waals surface area (Å²) in [6.07, 6.45) is 3.54. The summed E-state index contributed by atoms with van der Waals surface area (Å²) in [4.78, 5) is 17.4. The molecule has 2 aliphatic heterocycles. The van der Waals surface area contributed by atoms with Crippen LogP contribution in [0.2, 0.25) is 0 Å². The molecular formula is C20H30N2O. The normalized spacial score (nSPS) is 25.0. The van der Waals surface area contributed by atoms with Crippen LogP contribution in [-0.2, 0) is 17.8 Å². The van der Waals surface area contributed by atoms with Crippen molar-refractivity contribution in [1.82, 2.24) is 9.80 Å². The number of fused-ring (bicyclic) bond motifs is 1. The molecule has 1 amide bonds. The smallest absolute Gasteiger partial charge is 0.225 e. The summed E-state index contributed by atoms with van der Waals surface area (Å²) in [5, 5.41) is 0. The van der Waals surface area contributed by atoms with Gasteiger partial charge < -0.3 is 9.80 Å². The van der Waals surface area contributed by atoms with Crippen molar-refractivity contribution in [3.05, 3.63) is 35.4 Å². The molecule has 0 aromatic heterocycles. The van der Waals surface area contributed by atoms with Gasteiger partial charge in [-0.25, -0.2) is 0 Å². The molecule has 0 aliphatic carbocycles. The first-order valence-electron chi connectivity index (χ1n) is 9.11. The summed E-state index contributed by atoms with van der Waals surface area (Å²) in [7, 11) is 0. The number of likely N-dealkylation sites (tertiary alicyclic amines) is 1. The molecule has 0 radical (unpaired) electrons. The highest BCUT2D eigenvalue weighted by Gasteiger charge is 2.42. The average Bonchev–Trinajstić information content (AvgIpc) is 2.82. The monoisotopic (exact) mass is 314 g/mol. The Bertz CT molecular complexity index is 569. The van der Waals surface area contributed by atoms with Crippen molar-refractivity contribution in [3.8, 4) is 0 Å². The molecule has 0 saturated carbocycles. The van der Waals surface area contributed by atoms with Crippen molar-refractivity contribution in [3.63, 3.8) is 0 Å². The molecule has 3 heteroatoms. The predicted molar refractivity (Wildman–Crippen MR) is 94.2 cm³/mol. The van der Waals surface area contributed by atoms with Gasteiger partial charge >= 0.3 is 0 Å². The number of carbonyl (C=O) groups is 1. The summed E-state index contributed by atoms with van der Waals surface area (Å²) >= 11 is 0. The molecule has 23 heavy (non-hydrogen) atoms. The van der Waals surface area contributed by atoms with Crippen LogP contribution in [0.15, 0.2) is 24.3 Å². The van der Waals surface area contributed by atoms with E-state index in [2.05, 4.69) is 41.0 Å². The van der Waals surface area contributed by atoms with Crippen LogP contribution in [0.3, 0.4) is 0 Å². The molecule has 0 N–H and O–H groups in total. The number of amides is 1. The molecule has 2 aliphatic rings. The fourth-order valence-corrected chi connectivity index (χ4v) is 4.34. The molecular weight excluding hydrogens is 284 g/mol. The Labute approximate surface area is 140 Å². The second-order valence-corrected chi connectivity index (χ2v) is 7.82. The van der Waals surface area contributed by atoms with Crippen molar-refractivity contribution in [2.24, 2.45) is 11.3 Å². The van der Waals surface area contributed by atoms with E-state index in [0.29, 0.717) is 5.91 Å². The molecule has 1 fully saturated rings. The SMILES string of the molecule is CCCN1CCC2(Cc3ccccc3CN(C(=O)C(C)C)C2)C1. The van der Waals surface area contributed by atoms with Gasteiger partial charge in [0.1, 0.15) is 0 Å². The number of benzene rings is 1. The van der Waals surface area contributed by atoms with Gasteiger partial charge in [-0.2, -0.15) is 0 Å². The Morgan fingerprint density at radius 1 is 1.22 bits per heavy atom. The van der Waals surface area contributed by atoms with E-state index in [1.54, 1.807) is 0 Å². The molecule has 1 unspecified atom stereocenters. The summed E-state index contributed by atoms with van der Waals surface area (Å²) in [5.41, 5.74) is 3.03. The van der Waals surface area contributed by atoms with Crippen molar-refractivity contribution < 1.29 is 4.79 Å². The van der Waals surface area contributed by atoms with Gasteiger partial charge in [0.2, 0.25) is 5.91 Å². The van der Waals surface area contributed by atoms with Crippen LogP contribution in [0.1, 0.15) is 44.7 Å². The van der Waals surface area contributed by atoms with Crippen LogP contribution in [0.4, 0.5) is 0 Å². The lowest BCUT2D eigenvalue weighted by Crippen LogP contribution is -2.43. The molecule has 1 aromatic rings. The van der Waals surface area contributed by atoms with Crippen LogP contribution in [0.5, 0.6) is 0 Å². The van der Waals surface area contributed by atoms with E-state index < -0.39 is 0 Å². The maximum Gasteiger partial charge on any atom is 0.225 e. The lowest BCUT2D eigenvalue weighted by atomic mass is 9.80. The minimum atomic E-state index is 0.0745. The van der Waals surface area contributed by atoms with Crippen LogP contribution in [0, 0.1) is 11.3 Å². The lowest BCUT2D eigenvalue weighted by molar-refractivity contribution is -0.136. The van der Waals surface area contributed by atoms with E-state index >= 15 is 0 Å². The minimum absolute atomic E-state index is 0.0745. The van der Waals surface area contributed by atoms with Gasteiger partial charge in [-0.05, 0) is 43.5 Å². The lowest BCUT2D eigenvalue weighted by Gasteiger charge is -2.34. The summed E-state index contributed by atoms with van der Waals surface area (Å²) in [6.45, 7) is 11.5. The van der Waals surface area contributed by atoms with E-state index in [-0.39, 0.29) is 11.3 Å². The Kier molecular flexibility index (Phi) is 4.77. The third-order valence-corrected chi connectivity index (χ3v) is 5.43. The van der Waals surface area contributed by atoms with E-state index in [0.717, 1.165) is 26.1 Å². The maximum atomic E-state index is 12.7. The van der Waals surface area contributed by atoms with Crippen LogP contribution in [0.25, 0.3) is 0 Å². The number of carbonyl (C=O) groups excluding carboxylic acids is 1. The first kappa shape index (κ1) is 16.5. The molecule has 1 spiro atoms. The number of rotatable bonds is 3. The van der Waals surface area contributed by atoms with Crippen molar-refractivity contribution >= 4 is 5.91 Å². The molecule has 126 valence electrons. The molecule has 1 aromatic carbocycles. The first-order chi connectivity index (χ1) is 11.0. The molecule has 1 saturated heterocycles. The molecule has 1 atom stereocenters. The maximum absolute atomic E-state index is 12.7. The van der Waals surface area contributed by atoms with E-state index in [1.807, 2.05) is 13.8 Å². The highest BCUT2D eigenvalue weighted by atomic mass is 16.2. The number of nitrogens with zero attached hydrogens (tertiary/aromatic N) is 2. The Hall–Kier alpha value is -1.35. The molecule has 0 bridgehead atoms. The first-order valence-corrected chi connectivity index (χ1v) is 9.11. The summed E-state index contributed by atoms with van der Waals surface area (Å²) in [5.74, 6) is 0.375. The van der Waals surface area contributed by atoms with E-state index in [4.69, 9.17) is 0 Å². The summed E-state index contributed by atoms with van der Waals surface area (Å²) in [6, 6.07) is 8.72. The van der Waals surface area contributed by atoms with Crippen molar-refractivity contribution in [2.45, 2.75) is 46.6 Å². The van der Waals surface area contributed by atoms with Crippen molar-refractivity contribution in [1.29, 1.82) is 0 Å². The van der Waals surface area contributed by atoms with Crippen LogP contribution in [-0.4, -0.2) is 41.9 Å². The van der Waals surface area contributed by atoms with Gasteiger partial charge in [0.25, 0.3) is 0 Å². The number of hydrogen-bond acceptors (Lipinski definition) is 2. The second kappa shape index (κ2) is 6.64. The third kappa shape index (κ3) is 3.45. The van der Waals surface area contributed by atoms with E-state index in [1.165, 1.54) is 37.1 Å². The van der Waals surface area contributed by atoms with Crippen LogP contribution < -0.4 is 0 Å². The summed E-state index contributed by atoms with van der Waals surface area (Å²) < 4.78 is 0. The Balaban J connectivity index is 1.90. The average molecular weight is 314 g/mol. The Morgan fingerprint density at radius 3 is 2.65 bits per heavy atom. The van der Waals surface area contributed by atoms with Gasteiger partial charge in [0, 0.05) is 31.0 Å². The third-order valence-electron chi connectivity index (χ3n) is 5.43. The van der Waals surface area contributed by atoms with E-state index in [9.17, 15) is 4.79 Å². The Morgan fingerprint density at radius 2 is 1.96 bits per heavy atom. The van der Waals surface area contributed by atoms with Gasteiger partial charge in [-0.15, -0.1) is 0 Å². The van der Waals surface area contributed by atoms with Crippen molar-refractivity contribution in [2.75, 3.05) is 26.2 Å². The predicted octanol–water partition coefficient (Wildman–Crippen LogP) is 3.33. The standard InChI is InChI=1S/C20H30N2O/c1-4-10-21-11-9-20(14-21)12-17-7-5-6-8-18(17)13-22(15-20)19(23)16(2)3/h5-8,16H,4,9-15H2,1-3H3. The quantitative estimate of drug-likeness (QED) is 0.854. The second-order valence-electron chi connectivity index (χ2n) is 7.82. The fourth-order valence-electron chi connectivity index (χ4n) is 4.34. The topological polar surface area (TPSA) is 23.6 Å². The van der Waals surface area contributed by atoms with Gasteiger partial charge in [0.05, 0.1) is 0 Å². The van der Waals surface area contributed by atoms with Crippen LogP contribution >= 0.6 is 0 Å². The highest BCUT2D eigenvalue weighted by Crippen LogP contribution is 2.39. The zero-order valence-corrected chi connectivity index (χ0v) is 14.8. The van der Waals surface area contributed by atoms with Gasteiger partial charge in [-0.1, -0.05) is 45.0 Å². The van der Waals surface area contributed by atoms with Gasteiger partial charge in [-0.3, -0.25) is 4.79 Å². The zero-order valence-electron chi connectivity index (χ0n) is 14.8. The molecule has 3 nitrogen and oxygen atoms in total. The molecule has 3 rings (SSSR count). The highest BCUT2D eigenvalue weighted by molar-refractivity contribution is 5.78. The largest absolute Gasteiger partial charge is 0.338 e. The molecule has 2 heterocycles. The van der Waals surface area contributed by atoms with Gasteiger partial charge in [0.15, 0.2) is 0 Å². The zero-order chi connectivity index (χ0) is 16.4.